The summed E-state index contributed by atoms with van der Waals surface area (Å²) < 4.78 is 1.99. The van der Waals surface area contributed by atoms with Crippen LogP contribution in [0.25, 0.3) is 28.0 Å². The summed E-state index contributed by atoms with van der Waals surface area (Å²) in [5, 5.41) is 18.0. The maximum Gasteiger partial charge on any atom is 0.242 e. The molecule has 2 atom stereocenters. The Morgan fingerprint density at radius 2 is 1.65 bits per heavy atom. The number of H-pyrrole nitrogens is 1. The summed E-state index contributed by atoms with van der Waals surface area (Å²) in [5.74, 6) is 0.145. The van der Waals surface area contributed by atoms with E-state index < -0.39 is 5.92 Å². The molecule has 0 aliphatic carbocycles. The number of aryl methyl sites for hydroxylation is 2. The third kappa shape index (κ3) is 5.77. The first-order chi connectivity index (χ1) is 23.9. The Bertz CT molecular complexity index is 2150. The molecule has 2 unspecified atom stereocenters. The van der Waals surface area contributed by atoms with Crippen LogP contribution in [-0.4, -0.2) is 65.8 Å². The van der Waals surface area contributed by atoms with Gasteiger partial charge in [-0.25, -0.2) is 0 Å². The number of para-hydroxylation sites is 3. The highest BCUT2D eigenvalue weighted by atomic mass is 16.2. The Morgan fingerprint density at radius 1 is 0.878 bits per heavy atom. The Hall–Kier alpha value is -5.64. The minimum atomic E-state index is -0.742. The van der Waals surface area contributed by atoms with Gasteiger partial charge in [0.05, 0.1) is 22.6 Å². The average molecular weight is 651 g/mol. The third-order valence-corrected chi connectivity index (χ3v) is 9.79. The second kappa shape index (κ2) is 12.8. The van der Waals surface area contributed by atoms with E-state index in [4.69, 9.17) is 4.98 Å². The number of aromatic amines is 1. The molecule has 2 aliphatic rings. The van der Waals surface area contributed by atoms with E-state index in [1.165, 1.54) is 5.56 Å². The molecule has 10 heteroatoms. The van der Waals surface area contributed by atoms with Gasteiger partial charge in [0.15, 0.2) is 11.6 Å². The number of fused-ring (bicyclic) bond motifs is 4. The van der Waals surface area contributed by atoms with Gasteiger partial charge in [-0.15, -0.1) is 10.2 Å². The summed E-state index contributed by atoms with van der Waals surface area (Å²) >= 11 is 0. The zero-order chi connectivity index (χ0) is 33.5. The van der Waals surface area contributed by atoms with Crippen LogP contribution in [0.3, 0.4) is 0 Å². The van der Waals surface area contributed by atoms with Crippen LogP contribution in [-0.2, 0) is 22.4 Å². The number of hydrogen-bond acceptors (Lipinski definition) is 6. The minimum Gasteiger partial charge on any atom is -0.338 e. The molecule has 3 aromatic carbocycles. The zero-order valence-electron chi connectivity index (χ0n) is 27.7. The van der Waals surface area contributed by atoms with Gasteiger partial charge >= 0.3 is 0 Å². The Balaban J connectivity index is 1.20. The molecule has 1 fully saturated rings. The number of carbonyl (C=O) groups excluding carboxylic acids is 2. The van der Waals surface area contributed by atoms with Gasteiger partial charge in [0.2, 0.25) is 11.8 Å². The quantitative estimate of drug-likeness (QED) is 0.223. The van der Waals surface area contributed by atoms with Gasteiger partial charge in [0, 0.05) is 47.8 Å². The second-order valence-electron chi connectivity index (χ2n) is 13.2. The molecule has 1 N–H and O–H groups in total. The number of rotatable bonds is 7. The van der Waals surface area contributed by atoms with E-state index in [-0.39, 0.29) is 24.4 Å². The molecule has 10 nitrogen and oxygen atoms in total. The number of pyridine rings is 1. The maximum absolute atomic E-state index is 15.0. The number of benzene rings is 3. The summed E-state index contributed by atoms with van der Waals surface area (Å²) in [4.78, 5) is 37.8. The molecule has 0 radical (unpaired) electrons. The Kier molecular flexibility index (Phi) is 7.99. The van der Waals surface area contributed by atoms with Crippen molar-refractivity contribution in [2.75, 3.05) is 18.0 Å². The molecule has 3 aromatic heterocycles. The molecular weight excluding hydrogens is 612 g/mol. The molecule has 0 bridgehead atoms. The molecule has 8 rings (SSSR count). The molecule has 49 heavy (non-hydrogen) atoms. The average Bonchev–Trinajstić information content (AvgIpc) is 3.72. The van der Waals surface area contributed by atoms with Crippen LogP contribution in [0.4, 0.5) is 5.69 Å². The highest BCUT2D eigenvalue weighted by Crippen LogP contribution is 2.39. The highest BCUT2D eigenvalue weighted by molar-refractivity contribution is 6.05. The first-order valence-corrected chi connectivity index (χ1v) is 17.0. The number of aromatic nitrogens is 6. The van der Waals surface area contributed by atoms with Crippen LogP contribution >= 0.6 is 0 Å². The normalized spacial score (nSPS) is 17.6. The smallest absolute Gasteiger partial charge is 0.242 e. The fraction of sp³-hybridized carbons (Fsp3) is 0.282. The molecular formula is C39H38N8O2. The van der Waals surface area contributed by atoms with E-state index in [1.807, 2.05) is 95.3 Å². The van der Waals surface area contributed by atoms with Gasteiger partial charge in [-0.1, -0.05) is 60.7 Å². The van der Waals surface area contributed by atoms with E-state index in [2.05, 4.69) is 39.5 Å². The molecule has 246 valence electrons. The highest BCUT2D eigenvalue weighted by Gasteiger charge is 2.40. The third-order valence-electron chi connectivity index (χ3n) is 9.79. The molecule has 0 spiro atoms. The van der Waals surface area contributed by atoms with E-state index in [9.17, 15) is 9.59 Å². The lowest BCUT2D eigenvalue weighted by atomic mass is 9.96. The van der Waals surface area contributed by atoms with Gasteiger partial charge in [-0.2, -0.15) is 5.10 Å². The van der Waals surface area contributed by atoms with Crippen molar-refractivity contribution < 1.29 is 9.59 Å². The van der Waals surface area contributed by atoms with Crippen LogP contribution in [0.5, 0.6) is 0 Å². The standard InChI is InChI=1S/C39H38N8O2/c1-25-20-26(2)40-28(21-25)22-29-14-10-11-19-45(29)36(48)24-46-34-17-8-9-18-35(34)47-37(27-12-4-3-5-13-27)43-44-38(47)31(39(46)49)23-33-30-15-6-7-16-32(30)41-42-33/h3-9,12-13,15-18,20-21,29,31H,10-11,14,19,22-24H2,1-2H3,(H,41,42). The molecule has 2 aliphatic heterocycles. The van der Waals surface area contributed by atoms with E-state index >= 15 is 0 Å². The number of likely N-dealkylation sites (tertiary alicyclic amines) is 1. The second-order valence-corrected chi connectivity index (χ2v) is 13.2. The van der Waals surface area contributed by atoms with Gasteiger partial charge in [0.1, 0.15) is 12.5 Å². The summed E-state index contributed by atoms with van der Waals surface area (Å²) in [5.41, 5.74) is 7.09. The number of nitrogens with zero attached hydrogens (tertiary/aromatic N) is 7. The van der Waals surface area contributed by atoms with Gasteiger partial charge < -0.3 is 9.80 Å². The molecule has 0 saturated carbocycles. The first kappa shape index (κ1) is 30.7. The monoisotopic (exact) mass is 650 g/mol. The van der Waals surface area contributed by atoms with Gasteiger partial charge in [-0.3, -0.25) is 24.2 Å². The van der Waals surface area contributed by atoms with Crippen LogP contribution in [0, 0.1) is 13.8 Å². The zero-order valence-corrected chi connectivity index (χ0v) is 27.7. The SMILES string of the molecule is Cc1cc(C)nc(CC2CCCCN2C(=O)CN2C(=O)C(Cc3n[nH]c4ccccc34)c3nnc(-c4ccccc4)n3-c3ccccc32)c1. The van der Waals surface area contributed by atoms with Gasteiger partial charge in [-0.05, 0) is 69.0 Å². The van der Waals surface area contributed by atoms with Gasteiger partial charge in [0.25, 0.3) is 0 Å². The van der Waals surface area contributed by atoms with E-state index in [0.29, 0.717) is 36.7 Å². The Labute approximate surface area is 284 Å². The number of amides is 2. The lowest BCUT2D eigenvalue weighted by molar-refractivity contribution is -0.134. The van der Waals surface area contributed by atoms with Crippen LogP contribution < -0.4 is 4.90 Å². The van der Waals surface area contributed by atoms with Crippen LogP contribution in [0.2, 0.25) is 0 Å². The molecule has 5 heterocycles. The summed E-state index contributed by atoms with van der Waals surface area (Å²) in [7, 11) is 0. The molecule has 2 amide bonds. The van der Waals surface area contributed by atoms with E-state index in [1.54, 1.807) is 4.90 Å². The maximum atomic E-state index is 15.0. The summed E-state index contributed by atoms with van der Waals surface area (Å²) in [6.45, 7) is 4.67. The van der Waals surface area contributed by atoms with Crippen LogP contribution in [0.1, 0.15) is 53.7 Å². The van der Waals surface area contributed by atoms with Crippen molar-refractivity contribution in [1.29, 1.82) is 0 Å². The van der Waals surface area contributed by atoms with Crippen molar-refractivity contribution in [2.45, 2.75) is 57.9 Å². The fourth-order valence-electron chi connectivity index (χ4n) is 7.58. The van der Waals surface area contributed by atoms with Crippen molar-refractivity contribution in [2.24, 2.45) is 0 Å². The minimum absolute atomic E-state index is 0.0165. The topological polar surface area (TPSA) is 113 Å². The lowest BCUT2D eigenvalue weighted by Gasteiger charge is -2.37. The number of carbonyl (C=O) groups is 2. The van der Waals surface area contributed by atoms with Crippen molar-refractivity contribution >= 4 is 28.4 Å². The van der Waals surface area contributed by atoms with Crippen molar-refractivity contribution in [1.82, 2.24) is 34.8 Å². The molecule has 1 saturated heterocycles. The first-order valence-electron chi connectivity index (χ1n) is 17.0. The summed E-state index contributed by atoms with van der Waals surface area (Å²) in [6, 6.07) is 29.7. The number of piperidine rings is 1. The van der Waals surface area contributed by atoms with Crippen molar-refractivity contribution in [3.8, 4) is 17.1 Å². The summed E-state index contributed by atoms with van der Waals surface area (Å²) in [6.07, 6.45) is 3.87. The predicted octanol–water partition coefficient (Wildman–Crippen LogP) is 6.12. The van der Waals surface area contributed by atoms with E-state index in [0.717, 1.165) is 58.5 Å². The Morgan fingerprint density at radius 3 is 2.49 bits per heavy atom. The van der Waals surface area contributed by atoms with Crippen molar-refractivity contribution in [3.63, 3.8) is 0 Å². The number of anilines is 1. The predicted molar refractivity (Wildman–Crippen MR) is 188 cm³/mol. The molecule has 6 aromatic rings. The number of hydrogen-bond donors (Lipinski definition) is 1. The van der Waals surface area contributed by atoms with Crippen LogP contribution in [0.15, 0.2) is 91.0 Å². The van der Waals surface area contributed by atoms with Crippen molar-refractivity contribution in [3.05, 3.63) is 119 Å². The largest absolute Gasteiger partial charge is 0.338 e. The number of nitrogens with one attached hydrogen (secondary N) is 1. The lowest BCUT2D eigenvalue weighted by Crippen LogP contribution is -2.50. The fourth-order valence-corrected chi connectivity index (χ4v) is 7.58.